The number of ether oxygens (including phenoxy) is 2. The van der Waals surface area contributed by atoms with Crippen LogP contribution in [0.4, 0.5) is 0 Å². The van der Waals surface area contributed by atoms with Gasteiger partial charge in [0, 0.05) is 10.2 Å². The third-order valence-corrected chi connectivity index (χ3v) is 8.43. The molecule has 1 heterocycles. The van der Waals surface area contributed by atoms with Gasteiger partial charge in [-0.05, 0) is 47.9 Å². The Labute approximate surface area is 287 Å². The highest BCUT2D eigenvalue weighted by molar-refractivity contribution is 9.10. The lowest BCUT2D eigenvalue weighted by atomic mass is 9.99. The molecule has 0 unspecified atom stereocenters. The summed E-state index contributed by atoms with van der Waals surface area (Å²) in [5.74, 6) is 1.39. The van der Waals surface area contributed by atoms with Crippen LogP contribution in [-0.2, 0) is 14.4 Å². The first-order valence-corrected chi connectivity index (χ1v) is 16.2. The van der Waals surface area contributed by atoms with Gasteiger partial charge in [-0.2, -0.15) is 4.99 Å². The first-order chi connectivity index (χ1) is 22.8. The van der Waals surface area contributed by atoms with E-state index in [2.05, 4.69) is 38.7 Å². The number of nitrogens with zero attached hydrogens (tertiary/aromatic N) is 2. The molecule has 4 rings (SSSR count). The minimum absolute atomic E-state index is 0.0336. The van der Waals surface area contributed by atoms with Gasteiger partial charge >= 0.3 is 0 Å². The van der Waals surface area contributed by atoms with Crippen molar-refractivity contribution in [2.45, 2.75) is 13.0 Å². The molecule has 3 aromatic carbocycles. The zero-order valence-corrected chi connectivity index (χ0v) is 28.2. The number of amides is 3. The minimum Gasteiger partial charge on any atom is -0.493 e. The maximum absolute atomic E-state index is 14.0. The summed E-state index contributed by atoms with van der Waals surface area (Å²) in [6, 6.07) is 22.1. The van der Waals surface area contributed by atoms with Crippen molar-refractivity contribution in [3.8, 4) is 23.8 Å². The van der Waals surface area contributed by atoms with Gasteiger partial charge < -0.3 is 14.8 Å². The zero-order chi connectivity index (χ0) is 33.8. The Bertz CT molecular complexity index is 1770. The molecule has 0 saturated carbocycles. The number of benzene rings is 3. The lowest BCUT2D eigenvalue weighted by molar-refractivity contribution is -0.126. The summed E-state index contributed by atoms with van der Waals surface area (Å²) in [5, 5.41) is 3.15. The van der Waals surface area contributed by atoms with Crippen LogP contribution in [0.25, 0.3) is 6.08 Å². The highest BCUT2D eigenvalue weighted by atomic mass is 79.9. The summed E-state index contributed by atoms with van der Waals surface area (Å²) < 4.78 is 11.5. The summed E-state index contributed by atoms with van der Waals surface area (Å²) in [7, 11) is 1.47. The van der Waals surface area contributed by atoms with E-state index in [-0.39, 0.29) is 29.0 Å². The number of nitrogens with one attached hydrogen (secondary N) is 1. The number of amidine groups is 1. The lowest BCUT2D eigenvalue weighted by Gasteiger charge is -2.28. The Morgan fingerprint density at radius 2 is 1.77 bits per heavy atom. The average molecular weight is 711 g/mol. The van der Waals surface area contributed by atoms with Crippen LogP contribution >= 0.6 is 27.7 Å². The normalized spacial score (nSPS) is 14.3. The van der Waals surface area contributed by atoms with Gasteiger partial charge in [0.15, 0.2) is 16.7 Å². The summed E-state index contributed by atoms with van der Waals surface area (Å²) in [5.41, 5.74) is 2.57. The molecule has 0 aromatic heterocycles. The van der Waals surface area contributed by atoms with E-state index in [4.69, 9.17) is 15.9 Å². The number of halogens is 1. The van der Waals surface area contributed by atoms with Gasteiger partial charge in [-0.25, -0.2) is 0 Å². The Morgan fingerprint density at radius 3 is 2.34 bits per heavy atom. The van der Waals surface area contributed by atoms with Gasteiger partial charge in [-0.3, -0.25) is 19.3 Å². The van der Waals surface area contributed by atoms with Crippen LogP contribution in [0.5, 0.6) is 11.5 Å². The molecule has 3 amide bonds. The number of carbonyl (C=O) groups is 3. The zero-order valence-electron chi connectivity index (χ0n) is 25.8. The second kappa shape index (κ2) is 17.0. The van der Waals surface area contributed by atoms with E-state index < -0.39 is 17.9 Å². The number of allylic oxidation sites excluding steroid dienone is 4. The number of thioether (sulfide) groups is 1. The molecule has 0 fully saturated rings. The van der Waals surface area contributed by atoms with Gasteiger partial charge in [0.05, 0.1) is 18.9 Å². The molecule has 0 bridgehead atoms. The fourth-order valence-electron chi connectivity index (χ4n) is 4.60. The van der Waals surface area contributed by atoms with Crippen molar-refractivity contribution in [2.24, 2.45) is 4.99 Å². The number of aliphatic imine (C=N–C) groups is 1. The van der Waals surface area contributed by atoms with Crippen molar-refractivity contribution in [1.29, 1.82) is 0 Å². The van der Waals surface area contributed by atoms with Crippen molar-refractivity contribution in [1.82, 2.24) is 10.2 Å². The summed E-state index contributed by atoms with van der Waals surface area (Å²) >= 11 is 4.47. The third-order valence-electron chi connectivity index (χ3n) is 6.81. The SMILES string of the molecule is C#CCOc1cc(Br)c(/C=C2\C(=O)N=C(SCC(=O)NC(c3ccccc3)c3ccccc3)N(C(/C=C\C=C)=C/C)C2=O)cc1OC. The monoisotopic (exact) mass is 709 g/mol. The van der Waals surface area contributed by atoms with E-state index in [9.17, 15) is 14.4 Å². The second-order valence-corrected chi connectivity index (χ2v) is 11.6. The molecular formula is C37H32BrN3O5S. The number of methoxy groups -OCH3 is 1. The van der Waals surface area contributed by atoms with Gasteiger partial charge in [-0.15, -0.1) is 6.42 Å². The molecule has 238 valence electrons. The molecule has 0 saturated heterocycles. The predicted molar refractivity (Wildman–Crippen MR) is 191 cm³/mol. The molecular weight excluding hydrogens is 678 g/mol. The fraction of sp³-hybridized carbons (Fsp3) is 0.135. The molecule has 0 radical (unpaired) electrons. The summed E-state index contributed by atoms with van der Waals surface area (Å²) in [4.78, 5) is 46.4. The maximum Gasteiger partial charge on any atom is 0.285 e. The van der Waals surface area contributed by atoms with E-state index >= 15 is 0 Å². The molecule has 1 aliphatic heterocycles. The largest absolute Gasteiger partial charge is 0.493 e. The fourth-order valence-corrected chi connectivity index (χ4v) is 5.85. The van der Waals surface area contributed by atoms with E-state index in [0.717, 1.165) is 22.9 Å². The summed E-state index contributed by atoms with van der Waals surface area (Å²) in [6.07, 6.45) is 13.4. The number of carbonyl (C=O) groups excluding carboxylic acids is 3. The molecule has 10 heteroatoms. The second-order valence-electron chi connectivity index (χ2n) is 9.83. The third kappa shape index (κ3) is 8.79. The topological polar surface area (TPSA) is 97.3 Å². The Kier molecular flexibility index (Phi) is 12.6. The molecule has 1 N–H and O–H groups in total. The Morgan fingerprint density at radius 1 is 1.11 bits per heavy atom. The van der Waals surface area contributed by atoms with E-state index in [1.165, 1.54) is 18.1 Å². The number of rotatable bonds is 12. The van der Waals surface area contributed by atoms with Crippen LogP contribution < -0.4 is 14.8 Å². The standard InChI is InChI=1S/C37H32BrN3O5S/c1-5-8-19-28(7-3)41-36(44)29(21-27-22-31(45-4)32(23-30(27)38)46-20-6-2)35(43)40-37(41)47-24-33(42)39-34(25-15-11-9-12-16-25)26-17-13-10-14-18-26/h2,5,7-19,21-23,34H,1,20,24H2,3-4H3,(H,39,42)/b19-8-,28-7+,29-21+. The Hall–Kier alpha value is -5.11. The number of terminal acetylenes is 1. The quantitative estimate of drug-likeness (QED) is 0.0955. The molecule has 1 aliphatic rings. The van der Waals surface area contributed by atoms with Gasteiger partial charge in [0.1, 0.15) is 12.2 Å². The molecule has 0 atom stereocenters. The number of hydrogen-bond acceptors (Lipinski definition) is 6. The van der Waals surface area contributed by atoms with Crippen molar-refractivity contribution in [3.05, 3.63) is 136 Å². The van der Waals surface area contributed by atoms with Gasteiger partial charge in [0.2, 0.25) is 5.91 Å². The van der Waals surface area contributed by atoms with Gasteiger partial charge in [-0.1, -0.05) is 119 Å². The molecule has 3 aromatic rings. The van der Waals surface area contributed by atoms with Crippen LogP contribution in [0, 0.1) is 12.3 Å². The highest BCUT2D eigenvalue weighted by Gasteiger charge is 2.35. The van der Waals surface area contributed by atoms with Crippen LogP contribution in [0.15, 0.2) is 124 Å². The lowest BCUT2D eigenvalue weighted by Crippen LogP contribution is -2.42. The van der Waals surface area contributed by atoms with Crippen LogP contribution in [0.1, 0.15) is 29.7 Å². The Balaban J connectivity index is 1.65. The molecule has 8 nitrogen and oxygen atoms in total. The first kappa shape index (κ1) is 34.8. The van der Waals surface area contributed by atoms with Crippen molar-refractivity contribution < 1.29 is 23.9 Å². The van der Waals surface area contributed by atoms with E-state index in [1.54, 1.807) is 43.4 Å². The average Bonchev–Trinajstić information content (AvgIpc) is 3.09. The summed E-state index contributed by atoms with van der Waals surface area (Å²) in [6.45, 7) is 5.50. The molecule has 0 spiro atoms. The van der Waals surface area contributed by atoms with Crippen molar-refractivity contribution >= 4 is 56.7 Å². The van der Waals surface area contributed by atoms with Crippen molar-refractivity contribution in [2.75, 3.05) is 19.5 Å². The maximum atomic E-state index is 14.0. The van der Waals surface area contributed by atoms with Gasteiger partial charge in [0.25, 0.3) is 11.8 Å². The molecule has 47 heavy (non-hydrogen) atoms. The first-order valence-electron chi connectivity index (χ1n) is 14.4. The van der Waals surface area contributed by atoms with E-state index in [0.29, 0.717) is 27.2 Å². The molecule has 0 aliphatic carbocycles. The minimum atomic E-state index is -0.748. The predicted octanol–water partition coefficient (Wildman–Crippen LogP) is 6.86. The van der Waals surface area contributed by atoms with Crippen LogP contribution in [0.2, 0.25) is 0 Å². The van der Waals surface area contributed by atoms with Crippen LogP contribution in [-0.4, -0.2) is 47.3 Å². The van der Waals surface area contributed by atoms with E-state index in [1.807, 2.05) is 60.7 Å². The smallest absolute Gasteiger partial charge is 0.285 e. The highest BCUT2D eigenvalue weighted by Crippen LogP contribution is 2.36. The van der Waals surface area contributed by atoms with Crippen molar-refractivity contribution in [3.63, 3.8) is 0 Å². The van der Waals surface area contributed by atoms with Crippen LogP contribution in [0.3, 0.4) is 0 Å². The number of hydrogen-bond donors (Lipinski definition) is 1.